The van der Waals surface area contributed by atoms with E-state index in [-0.39, 0.29) is 24.4 Å². The summed E-state index contributed by atoms with van der Waals surface area (Å²) in [6, 6.07) is 8.00. The van der Waals surface area contributed by atoms with Gasteiger partial charge in [0.1, 0.15) is 5.75 Å². The number of hydrogen-bond acceptors (Lipinski definition) is 4. The summed E-state index contributed by atoms with van der Waals surface area (Å²) < 4.78 is 5.73. The second-order valence-corrected chi connectivity index (χ2v) is 7.11. The average Bonchev–Trinajstić information content (AvgIpc) is 2.66. The molecule has 1 aliphatic heterocycles. The van der Waals surface area contributed by atoms with Gasteiger partial charge in [0.15, 0.2) is 0 Å². The Morgan fingerprint density at radius 2 is 1.96 bits per heavy atom. The molecule has 1 atom stereocenters. The lowest BCUT2D eigenvalue weighted by Gasteiger charge is -2.32. The van der Waals surface area contributed by atoms with Crippen molar-refractivity contribution in [1.29, 1.82) is 0 Å². The molecule has 1 aromatic carbocycles. The maximum Gasteiger partial charge on any atom is 0.234 e. The number of likely N-dealkylation sites (tertiary alicyclic amines) is 1. The summed E-state index contributed by atoms with van der Waals surface area (Å²) >= 11 is 0. The second kappa shape index (κ2) is 13.0. The third kappa shape index (κ3) is 7.68. The molecule has 1 unspecified atom stereocenters. The number of benzene rings is 1. The van der Waals surface area contributed by atoms with Crippen LogP contribution >= 0.6 is 12.4 Å². The second-order valence-electron chi connectivity index (χ2n) is 7.11. The van der Waals surface area contributed by atoms with E-state index in [4.69, 9.17) is 4.74 Å². The van der Waals surface area contributed by atoms with E-state index in [0.717, 1.165) is 43.3 Å². The summed E-state index contributed by atoms with van der Waals surface area (Å²) in [7, 11) is 2.01. The molecule has 6 heteroatoms. The number of amides is 1. The van der Waals surface area contributed by atoms with Crippen LogP contribution in [0.3, 0.4) is 0 Å². The van der Waals surface area contributed by atoms with Crippen molar-refractivity contribution in [2.24, 2.45) is 5.92 Å². The molecule has 0 aliphatic carbocycles. The SMILES string of the molecule is CCOc1ccccc1C(CC)NC(=O)CN1CCC(CCNC)CC1.Cl. The fourth-order valence-corrected chi connectivity index (χ4v) is 3.68. The number of carbonyl (C=O) groups is 1. The molecule has 1 aliphatic rings. The predicted molar refractivity (Wildman–Crippen MR) is 114 cm³/mol. The molecule has 2 rings (SSSR count). The maximum atomic E-state index is 12.6. The van der Waals surface area contributed by atoms with E-state index < -0.39 is 0 Å². The van der Waals surface area contributed by atoms with Gasteiger partial charge in [-0.2, -0.15) is 0 Å². The number of nitrogens with zero attached hydrogens (tertiary/aromatic N) is 1. The van der Waals surface area contributed by atoms with Crippen molar-refractivity contribution >= 4 is 18.3 Å². The Balaban J connectivity index is 0.00000364. The smallest absolute Gasteiger partial charge is 0.234 e. The van der Waals surface area contributed by atoms with Crippen molar-refractivity contribution in [3.8, 4) is 5.75 Å². The van der Waals surface area contributed by atoms with Crippen LogP contribution in [0.5, 0.6) is 5.75 Å². The zero-order valence-electron chi connectivity index (χ0n) is 17.0. The number of ether oxygens (including phenoxy) is 1. The molecule has 0 radical (unpaired) electrons. The minimum absolute atomic E-state index is 0. The Labute approximate surface area is 170 Å². The molecule has 5 nitrogen and oxygen atoms in total. The van der Waals surface area contributed by atoms with Crippen LogP contribution in [0, 0.1) is 5.92 Å². The summed E-state index contributed by atoms with van der Waals surface area (Å²) in [6.45, 7) is 8.33. The molecule has 2 N–H and O–H groups in total. The van der Waals surface area contributed by atoms with E-state index >= 15 is 0 Å². The van der Waals surface area contributed by atoms with Gasteiger partial charge in [-0.1, -0.05) is 25.1 Å². The first-order chi connectivity index (χ1) is 12.7. The van der Waals surface area contributed by atoms with Gasteiger partial charge in [0, 0.05) is 5.56 Å². The van der Waals surface area contributed by atoms with Gasteiger partial charge in [-0.15, -0.1) is 12.4 Å². The molecule has 1 amide bonds. The van der Waals surface area contributed by atoms with Crippen LogP contribution in [0.1, 0.15) is 51.1 Å². The van der Waals surface area contributed by atoms with Crippen LogP contribution in [0.2, 0.25) is 0 Å². The Bertz CT molecular complexity index is 548. The number of nitrogens with one attached hydrogen (secondary N) is 2. The van der Waals surface area contributed by atoms with Gasteiger partial charge in [0.2, 0.25) is 5.91 Å². The fourth-order valence-electron chi connectivity index (χ4n) is 3.68. The first kappa shape index (κ1) is 23.7. The topological polar surface area (TPSA) is 53.6 Å². The third-order valence-corrected chi connectivity index (χ3v) is 5.21. The minimum Gasteiger partial charge on any atom is -0.494 e. The van der Waals surface area contributed by atoms with Crippen LogP contribution < -0.4 is 15.4 Å². The van der Waals surface area contributed by atoms with Crippen LogP contribution in [0.15, 0.2) is 24.3 Å². The van der Waals surface area contributed by atoms with Gasteiger partial charge in [-0.05, 0) is 71.3 Å². The summed E-state index contributed by atoms with van der Waals surface area (Å²) in [5.41, 5.74) is 1.07. The van der Waals surface area contributed by atoms with E-state index in [1.54, 1.807) is 0 Å². The number of halogens is 1. The van der Waals surface area contributed by atoms with Gasteiger partial charge in [-0.25, -0.2) is 0 Å². The Morgan fingerprint density at radius 1 is 1.26 bits per heavy atom. The molecule has 0 saturated carbocycles. The molecule has 1 aromatic rings. The van der Waals surface area contributed by atoms with E-state index in [0.29, 0.717) is 13.2 Å². The Morgan fingerprint density at radius 3 is 2.59 bits per heavy atom. The maximum absolute atomic E-state index is 12.6. The fraction of sp³-hybridized carbons (Fsp3) is 0.667. The van der Waals surface area contributed by atoms with Crippen molar-refractivity contribution in [1.82, 2.24) is 15.5 Å². The van der Waals surface area contributed by atoms with Gasteiger partial charge in [0.05, 0.1) is 19.2 Å². The van der Waals surface area contributed by atoms with Crippen molar-refractivity contribution in [3.63, 3.8) is 0 Å². The molecule has 1 heterocycles. The summed E-state index contributed by atoms with van der Waals surface area (Å²) in [4.78, 5) is 14.9. The van der Waals surface area contributed by atoms with Crippen molar-refractivity contribution in [3.05, 3.63) is 29.8 Å². The van der Waals surface area contributed by atoms with E-state index in [1.807, 2.05) is 38.2 Å². The Hall–Kier alpha value is -1.30. The summed E-state index contributed by atoms with van der Waals surface area (Å²) in [5.74, 6) is 1.77. The number of rotatable bonds is 10. The molecule has 0 aromatic heterocycles. The largest absolute Gasteiger partial charge is 0.494 e. The first-order valence-corrected chi connectivity index (χ1v) is 10.1. The molecule has 0 bridgehead atoms. The van der Waals surface area contributed by atoms with Gasteiger partial charge >= 0.3 is 0 Å². The summed E-state index contributed by atoms with van der Waals surface area (Å²) in [6.07, 6.45) is 4.48. The highest BCUT2D eigenvalue weighted by molar-refractivity contribution is 5.85. The number of hydrogen-bond donors (Lipinski definition) is 2. The highest BCUT2D eigenvalue weighted by Gasteiger charge is 2.22. The first-order valence-electron chi connectivity index (χ1n) is 10.1. The molecule has 27 heavy (non-hydrogen) atoms. The summed E-state index contributed by atoms with van der Waals surface area (Å²) in [5, 5.41) is 6.43. The lowest BCUT2D eigenvalue weighted by molar-refractivity contribution is -0.123. The Kier molecular flexibility index (Phi) is 11.4. The van der Waals surface area contributed by atoms with Crippen molar-refractivity contribution < 1.29 is 9.53 Å². The molecule has 0 spiro atoms. The molecule has 1 fully saturated rings. The van der Waals surface area contributed by atoms with Crippen LogP contribution in [-0.2, 0) is 4.79 Å². The van der Waals surface area contributed by atoms with Gasteiger partial charge in [-0.3, -0.25) is 9.69 Å². The number of para-hydroxylation sites is 1. The molecular weight excluding hydrogens is 362 g/mol. The lowest BCUT2D eigenvalue weighted by Crippen LogP contribution is -2.42. The van der Waals surface area contributed by atoms with Gasteiger partial charge < -0.3 is 15.4 Å². The van der Waals surface area contributed by atoms with Crippen molar-refractivity contribution in [2.75, 3.05) is 39.8 Å². The zero-order chi connectivity index (χ0) is 18.8. The molecular formula is C21H36ClN3O2. The molecule has 1 saturated heterocycles. The highest BCUT2D eigenvalue weighted by Crippen LogP contribution is 2.27. The van der Waals surface area contributed by atoms with E-state index in [9.17, 15) is 4.79 Å². The van der Waals surface area contributed by atoms with E-state index in [1.165, 1.54) is 19.3 Å². The third-order valence-electron chi connectivity index (χ3n) is 5.21. The lowest BCUT2D eigenvalue weighted by atomic mass is 9.93. The monoisotopic (exact) mass is 397 g/mol. The standard InChI is InChI=1S/C21H35N3O2.ClH/c1-4-19(18-8-6-7-9-20(18)26-5-2)23-21(25)16-24-14-11-17(12-15-24)10-13-22-3;/h6-9,17,19,22H,4-5,10-16H2,1-3H3,(H,23,25);1H. The minimum atomic E-state index is -0.00147. The zero-order valence-corrected chi connectivity index (χ0v) is 17.8. The van der Waals surface area contributed by atoms with Crippen LogP contribution in [0.4, 0.5) is 0 Å². The molecule has 154 valence electrons. The average molecular weight is 398 g/mol. The highest BCUT2D eigenvalue weighted by atomic mass is 35.5. The van der Waals surface area contributed by atoms with Crippen molar-refractivity contribution in [2.45, 2.75) is 45.6 Å². The quantitative estimate of drug-likeness (QED) is 0.635. The predicted octanol–water partition coefficient (Wildman–Crippen LogP) is 3.40. The van der Waals surface area contributed by atoms with Crippen LogP contribution in [0.25, 0.3) is 0 Å². The van der Waals surface area contributed by atoms with Gasteiger partial charge in [0.25, 0.3) is 0 Å². The normalized spacial score (nSPS) is 16.4. The number of carbonyl (C=O) groups excluding carboxylic acids is 1. The van der Waals surface area contributed by atoms with Crippen LogP contribution in [-0.4, -0.2) is 50.6 Å². The van der Waals surface area contributed by atoms with E-state index in [2.05, 4.69) is 22.5 Å². The number of piperidine rings is 1.